The molecule has 0 heterocycles. The Bertz CT molecular complexity index is 907. The van der Waals surface area contributed by atoms with Gasteiger partial charge in [-0.1, -0.05) is 64.4 Å². The highest BCUT2D eigenvalue weighted by atomic mass is 16.4. The maximum Gasteiger partial charge on any atom is 0.326 e. The molecule has 0 fully saturated rings. The number of aliphatic carboxylic acids is 2. The number of benzene rings is 1. The van der Waals surface area contributed by atoms with E-state index >= 15 is 0 Å². The minimum atomic E-state index is -1.68. The number of nitrogens with one attached hydrogen (secondary N) is 3. The first-order valence-corrected chi connectivity index (χ1v) is 12.0. The van der Waals surface area contributed by atoms with Gasteiger partial charge in [0.2, 0.25) is 17.7 Å². The fourth-order valence-electron chi connectivity index (χ4n) is 3.46. The number of amides is 3. The van der Waals surface area contributed by atoms with Crippen LogP contribution in [0.15, 0.2) is 30.3 Å². The zero-order valence-electron chi connectivity index (χ0n) is 21.2. The molecule has 0 aromatic heterocycles. The van der Waals surface area contributed by atoms with Gasteiger partial charge in [-0.2, -0.15) is 0 Å². The van der Waals surface area contributed by atoms with E-state index in [-0.39, 0.29) is 24.7 Å². The van der Waals surface area contributed by atoms with Gasteiger partial charge in [0.25, 0.3) is 0 Å². The van der Waals surface area contributed by atoms with Crippen LogP contribution < -0.4 is 21.7 Å². The topological polar surface area (TPSA) is 188 Å². The molecule has 0 aliphatic carbocycles. The van der Waals surface area contributed by atoms with Crippen molar-refractivity contribution in [3.05, 3.63) is 35.9 Å². The van der Waals surface area contributed by atoms with Crippen LogP contribution in [0, 0.1) is 11.8 Å². The SMILES string of the molecule is CCC(C)C(N)C(=O)NC(CC(C)C)C(=O)NC(Cc1ccccc1)C(=O)NC(CC(=O)O)C(=O)O. The van der Waals surface area contributed by atoms with E-state index in [4.69, 9.17) is 10.8 Å². The molecule has 11 heteroatoms. The summed E-state index contributed by atoms with van der Waals surface area (Å²) in [5, 5.41) is 25.8. The van der Waals surface area contributed by atoms with Crippen molar-refractivity contribution in [3.8, 4) is 0 Å². The zero-order chi connectivity index (χ0) is 27.4. The van der Waals surface area contributed by atoms with Crippen molar-refractivity contribution < 1.29 is 34.2 Å². The van der Waals surface area contributed by atoms with E-state index < -0.39 is 60.2 Å². The van der Waals surface area contributed by atoms with E-state index in [1.807, 2.05) is 27.7 Å². The van der Waals surface area contributed by atoms with Crippen molar-refractivity contribution >= 4 is 29.7 Å². The van der Waals surface area contributed by atoms with Gasteiger partial charge in [-0.3, -0.25) is 19.2 Å². The standard InChI is InChI=1S/C25H38N4O7/c1-5-15(4)21(26)24(34)28-17(11-14(2)3)22(32)27-18(12-16-9-7-6-8-10-16)23(33)29-19(25(35)36)13-20(30)31/h6-10,14-15,17-19,21H,5,11-13,26H2,1-4H3,(H,27,32)(H,28,34)(H,29,33)(H,30,31)(H,35,36). The molecule has 11 nitrogen and oxygen atoms in total. The molecule has 1 rings (SSSR count). The quantitative estimate of drug-likeness (QED) is 0.200. The first-order valence-electron chi connectivity index (χ1n) is 12.0. The van der Waals surface area contributed by atoms with E-state index in [1.165, 1.54) is 0 Å². The average molecular weight is 507 g/mol. The summed E-state index contributed by atoms with van der Waals surface area (Å²) in [7, 11) is 0. The molecular weight excluding hydrogens is 468 g/mol. The second-order valence-corrected chi connectivity index (χ2v) is 9.35. The van der Waals surface area contributed by atoms with Crippen LogP contribution in [0.2, 0.25) is 0 Å². The number of hydrogen-bond acceptors (Lipinski definition) is 6. The Morgan fingerprint density at radius 2 is 1.36 bits per heavy atom. The van der Waals surface area contributed by atoms with Crippen LogP contribution in [0.1, 0.15) is 52.5 Å². The fourth-order valence-corrected chi connectivity index (χ4v) is 3.46. The van der Waals surface area contributed by atoms with Crippen LogP contribution in [0.5, 0.6) is 0 Å². The van der Waals surface area contributed by atoms with Crippen LogP contribution in [-0.2, 0) is 30.4 Å². The van der Waals surface area contributed by atoms with Crippen molar-refractivity contribution in [2.24, 2.45) is 17.6 Å². The Balaban J connectivity index is 3.14. The summed E-state index contributed by atoms with van der Waals surface area (Å²) in [4.78, 5) is 61.3. The summed E-state index contributed by atoms with van der Waals surface area (Å²) in [5.74, 6) is -4.97. The second kappa shape index (κ2) is 14.8. The maximum atomic E-state index is 13.2. The lowest BCUT2D eigenvalue weighted by atomic mass is 9.97. The van der Waals surface area contributed by atoms with Crippen molar-refractivity contribution in [1.29, 1.82) is 0 Å². The van der Waals surface area contributed by atoms with Crippen molar-refractivity contribution in [3.63, 3.8) is 0 Å². The van der Waals surface area contributed by atoms with Crippen LogP contribution in [0.25, 0.3) is 0 Å². The van der Waals surface area contributed by atoms with Crippen LogP contribution >= 0.6 is 0 Å². The molecule has 1 aromatic rings. The molecule has 36 heavy (non-hydrogen) atoms. The van der Waals surface area contributed by atoms with Gasteiger partial charge >= 0.3 is 11.9 Å². The Morgan fingerprint density at radius 1 is 0.833 bits per heavy atom. The van der Waals surface area contributed by atoms with Crippen LogP contribution in [0.3, 0.4) is 0 Å². The maximum absolute atomic E-state index is 13.2. The monoisotopic (exact) mass is 506 g/mol. The molecule has 0 aliphatic rings. The molecule has 0 bridgehead atoms. The second-order valence-electron chi connectivity index (χ2n) is 9.35. The van der Waals surface area contributed by atoms with Gasteiger partial charge in [0.1, 0.15) is 18.1 Å². The number of carbonyl (C=O) groups is 5. The Hall–Kier alpha value is -3.47. The number of rotatable bonds is 15. The lowest BCUT2D eigenvalue weighted by Crippen LogP contribution is -2.58. The summed E-state index contributed by atoms with van der Waals surface area (Å²) in [5.41, 5.74) is 6.70. The molecule has 200 valence electrons. The number of nitrogens with two attached hydrogens (primary N) is 1. The number of carboxylic acid groups (broad SMARTS) is 2. The third kappa shape index (κ3) is 10.4. The number of carbonyl (C=O) groups excluding carboxylic acids is 3. The number of carboxylic acids is 2. The summed E-state index contributed by atoms with van der Waals surface area (Å²) >= 11 is 0. The van der Waals surface area contributed by atoms with Crippen LogP contribution in [-0.4, -0.2) is 64.0 Å². The smallest absolute Gasteiger partial charge is 0.326 e. The van der Waals surface area contributed by atoms with E-state index in [2.05, 4.69) is 16.0 Å². The summed E-state index contributed by atoms with van der Waals surface area (Å²) < 4.78 is 0. The zero-order valence-corrected chi connectivity index (χ0v) is 21.2. The minimum Gasteiger partial charge on any atom is -0.481 e. The first kappa shape index (κ1) is 30.6. The van der Waals surface area contributed by atoms with Crippen LogP contribution in [0.4, 0.5) is 0 Å². The molecule has 3 amide bonds. The number of hydrogen-bond donors (Lipinski definition) is 6. The van der Waals surface area contributed by atoms with E-state index in [0.717, 1.165) is 0 Å². The van der Waals surface area contributed by atoms with E-state index in [0.29, 0.717) is 12.0 Å². The third-order valence-corrected chi connectivity index (χ3v) is 5.81. The molecule has 0 saturated carbocycles. The third-order valence-electron chi connectivity index (χ3n) is 5.81. The molecule has 0 radical (unpaired) electrons. The molecule has 5 unspecified atom stereocenters. The van der Waals surface area contributed by atoms with Gasteiger partial charge in [-0.25, -0.2) is 4.79 Å². The molecule has 1 aromatic carbocycles. The normalized spacial score (nSPS) is 15.2. The largest absolute Gasteiger partial charge is 0.481 e. The van der Waals surface area contributed by atoms with Gasteiger partial charge in [0.05, 0.1) is 12.5 Å². The minimum absolute atomic E-state index is 0.0204. The van der Waals surface area contributed by atoms with Gasteiger partial charge < -0.3 is 31.9 Å². The highest BCUT2D eigenvalue weighted by Gasteiger charge is 2.32. The molecule has 0 saturated heterocycles. The van der Waals surface area contributed by atoms with E-state index in [1.54, 1.807) is 30.3 Å². The molecule has 5 atom stereocenters. The van der Waals surface area contributed by atoms with Crippen molar-refractivity contribution in [1.82, 2.24) is 16.0 Å². The highest BCUT2D eigenvalue weighted by Crippen LogP contribution is 2.11. The van der Waals surface area contributed by atoms with Gasteiger partial charge in [-0.15, -0.1) is 0 Å². The Kier molecular flexibility index (Phi) is 12.6. The van der Waals surface area contributed by atoms with Gasteiger partial charge in [-0.05, 0) is 23.8 Å². The molecule has 7 N–H and O–H groups in total. The lowest BCUT2D eigenvalue weighted by Gasteiger charge is -2.27. The van der Waals surface area contributed by atoms with Gasteiger partial charge in [0.15, 0.2) is 0 Å². The predicted molar refractivity (Wildman–Crippen MR) is 133 cm³/mol. The molecular formula is C25H38N4O7. The fraction of sp³-hybridized carbons (Fsp3) is 0.560. The lowest BCUT2D eigenvalue weighted by molar-refractivity contribution is -0.147. The predicted octanol–water partition coefficient (Wildman–Crippen LogP) is 0.662. The van der Waals surface area contributed by atoms with Crippen molar-refractivity contribution in [2.75, 3.05) is 0 Å². The average Bonchev–Trinajstić information content (AvgIpc) is 2.81. The molecule has 0 spiro atoms. The summed E-state index contributed by atoms with van der Waals surface area (Å²) in [6.45, 7) is 7.48. The van der Waals surface area contributed by atoms with Gasteiger partial charge in [0, 0.05) is 6.42 Å². The Morgan fingerprint density at radius 3 is 1.86 bits per heavy atom. The highest BCUT2D eigenvalue weighted by molar-refractivity contribution is 5.94. The molecule has 0 aliphatic heterocycles. The summed E-state index contributed by atoms with van der Waals surface area (Å²) in [6, 6.07) is 4.05. The Labute approximate surface area is 211 Å². The first-order chi connectivity index (χ1) is 16.8. The summed E-state index contributed by atoms with van der Waals surface area (Å²) in [6.07, 6.45) is 0.149. The van der Waals surface area contributed by atoms with E-state index in [9.17, 15) is 29.1 Å². The van der Waals surface area contributed by atoms with Crippen molar-refractivity contribution in [2.45, 2.75) is 77.5 Å².